The lowest BCUT2D eigenvalue weighted by molar-refractivity contribution is 0.0922. The van der Waals surface area contributed by atoms with E-state index in [9.17, 15) is 14.4 Å². The van der Waals surface area contributed by atoms with Crippen LogP contribution in [0.15, 0.2) is 36.5 Å². The van der Waals surface area contributed by atoms with Crippen molar-refractivity contribution in [3.05, 3.63) is 53.2 Å². The minimum atomic E-state index is -0.515. The molecule has 3 aliphatic rings. The molecule has 3 fully saturated rings. The van der Waals surface area contributed by atoms with Crippen molar-refractivity contribution in [3.63, 3.8) is 0 Å². The zero-order valence-electron chi connectivity index (χ0n) is 25.9. The van der Waals surface area contributed by atoms with Crippen LogP contribution < -0.4 is 26.6 Å². The molecule has 3 saturated heterocycles. The average molecular weight is 590 g/mol. The molecule has 0 spiro atoms. The van der Waals surface area contributed by atoms with Gasteiger partial charge in [0.15, 0.2) is 0 Å². The third kappa shape index (κ3) is 6.95. The molecular formula is C33H47N7O3. The molecule has 3 aliphatic heterocycles. The Morgan fingerprint density at radius 1 is 0.930 bits per heavy atom. The average Bonchev–Trinajstić information content (AvgIpc) is 3.57. The molecule has 2 aromatic rings. The van der Waals surface area contributed by atoms with E-state index in [1.807, 2.05) is 12.1 Å². The maximum atomic E-state index is 13.3. The smallest absolute Gasteiger partial charge is 0.253 e. The van der Waals surface area contributed by atoms with Gasteiger partial charge in [-0.3, -0.25) is 19.3 Å². The molecule has 0 aliphatic carbocycles. The van der Waals surface area contributed by atoms with Crippen molar-refractivity contribution in [2.75, 3.05) is 23.3 Å². The van der Waals surface area contributed by atoms with E-state index in [-0.39, 0.29) is 42.0 Å². The van der Waals surface area contributed by atoms with Crippen LogP contribution in [0.2, 0.25) is 0 Å². The van der Waals surface area contributed by atoms with E-state index in [4.69, 9.17) is 10.7 Å². The minimum Gasteiger partial charge on any atom is -0.382 e. The minimum absolute atomic E-state index is 0.0503. The number of nitrogens with two attached hydrogens (primary N) is 1. The number of fused-ring (bicyclic) bond motifs is 2. The number of rotatable bonds is 11. The van der Waals surface area contributed by atoms with Gasteiger partial charge >= 0.3 is 0 Å². The van der Waals surface area contributed by atoms with Crippen LogP contribution >= 0.6 is 0 Å². The van der Waals surface area contributed by atoms with Gasteiger partial charge in [-0.15, -0.1) is 0 Å². The Morgan fingerprint density at radius 2 is 1.58 bits per heavy atom. The summed E-state index contributed by atoms with van der Waals surface area (Å²) in [4.78, 5) is 47.7. The number of pyridine rings is 1. The summed E-state index contributed by atoms with van der Waals surface area (Å²) >= 11 is 0. The highest BCUT2D eigenvalue weighted by molar-refractivity contribution is 6.02. The van der Waals surface area contributed by atoms with Crippen molar-refractivity contribution in [2.24, 2.45) is 5.73 Å². The van der Waals surface area contributed by atoms with Crippen LogP contribution in [0, 0.1) is 0 Å². The van der Waals surface area contributed by atoms with Crippen LogP contribution in [-0.4, -0.2) is 76.9 Å². The summed E-state index contributed by atoms with van der Waals surface area (Å²) < 4.78 is 0. The summed E-state index contributed by atoms with van der Waals surface area (Å²) in [5, 5.41) is 9.81. The van der Waals surface area contributed by atoms with E-state index in [2.05, 4.69) is 53.4 Å². The van der Waals surface area contributed by atoms with Crippen molar-refractivity contribution in [1.29, 1.82) is 0 Å². The summed E-state index contributed by atoms with van der Waals surface area (Å²) in [7, 11) is 0. The lowest BCUT2D eigenvalue weighted by Crippen LogP contribution is -2.50. The molecule has 4 atom stereocenters. The largest absolute Gasteiger partial charge is 0.382 e. The summed E-state index contributed by atoms with van der Waals surface area (Å²) in [6.07, 6.45) is 8.22. The molecule has 1 aromatic carbocycles. The third-order valence-electron chi connectivity index (χ3n) is 9.52. The van der Waals surface area contributed by atoms with Gasteiger partial charge in [-0.05, 0) is 89.1 Å². The first kappa shape index (κ1) is 30.8. The first-order chi connectivity index (χ1) is 20.7. The highest BCUT2D eigenvalue weighted by atomic mass is 16.2. The fourth-order valence-corrected chi connectivity index (χ4v) is 6.99. The van der Waals surface area contributed by atoms with E-state index in [0.29, 0.717) is 28.4 Å². The molecule has 0 unspecified atom stereocenters. The van der Waals surface area contributed by atoms with E-state index >= 15 is 0 Å². The third-order valence-corrected chi connectivity index (χ3v) is 9.52. The van der Waals surface area contributed by atoms with Gasteiger partial charge < -0.3 is 26.6 Å². The van der Waals surface area contributed by atoms with E-state index in [1.165, 1.54) is 0 Å². The van der Waals surface area contributed by atoms with Gasteiger partial charge in [0, 0.05) is 66.8 Å². The molecule has 43 heavy (non-hydrogen) atoms. The molecule has 232 valence electrons. The molecule has 10 heteroatoms. The Balaban J connectivity index is 1.19. The van der Waals surface area contributed by atoms with Gasteiger partial charge in [0.1, 0.15) is 5.82 Å². The van der Waals surface area contributed by atoms with Gasteiger partial charge in [0.05, 0.1) is 11.1 Å². The number of nitrogens with one attached hydrogen (secondary N) is 3. The monoisotopic (exact) mass is 589 g/mol. The summed E-state index contributed by atoms with van der Waals surface area (Å²) in [6, 6.07) is 10.4. The van der Waals surface area contributed by atoms with Gasteiger partial charge in [-0.1, -0.05) is 13.8 Å². The second-order valence-electron chi connectivity index (χ2n) is 12.7. The number of hydrogen-bond acceptors (Lipinski definition) is 7. The van der Waals surface area contributed by atoms with Crippen LogP contribution in [0.1, 0.15) is 104 Å². The Bertz CT molecular complexity index is 1300. The number of anilines is 2. The molecule has 2 bridgehead atoms. The van der Waals surface area contributed by atoms with Crippen LogP contribution in [0.3, 0.4) is 0 Å². The molecular weight excluding hydrogens is 542 g/mol. The quantitative estimate of drug-likeness (QED) is 0.312. The van der Waals surface area contributed by atoms with Crippen LogP contribution in [0.4, 0.5) is 11.5 Å². The second kappa shape index (κ2) is 13.3. The molecule has 10 nitrogen and oxygen atoms in total. The first-order valence-electron chi connectivity index (χ1n) is 16.0. The molecule has 5 N–H and O–H groups in total. The summed E-state index contributed by atoms with van der Waals surface area (Å²) in [5.41, 5.74) is 7.70. The van der Waals surface area contributed by atoms with Crippen molar-refractivity contribution >= 4 is 29.2 Å². The lowest BCUT2D eigenvalue weighted by Gasteiger charge is -2.40. The molecule has 4 heterocycles. The van der Waals surface area contributed by atoms with Crippen LogP contribution in [-0.2, 0) is 0 Å². The standard InChI is InChI=1S/C33H47N7O3/c1-5-23(6-2)36-29-15-21(7-11-28(29)31(34)41)32(42)38-25-16-26-9-10-27(17-25)40(26)30-12-8-22(18-35-30)33(43)37-24-13-14-39(19-24)20(3)4/h7-8,11-12,15,18,20,23-27,36H,5-6,9-10,13-14,16-17,19H2,1-4H3,(H2,34,41)(H,37,43)(H,38,42)/t24-,25-,26+,27-/m0/s1. The van der Waals surface area contributed by atoms with Crippen LogP contribution in [0.5, 0.6) is 0 Å². The number of primary amides is 1. The highest BCUT2D eigenvalue weighted by Gasteiger charge is 2.42. The number of aromatic nitrogens is 1. The first-order valence-corrected chi connectivity index (χ1v) is 16.0. The number of benzene rings is 1. The zero-order valence-corrected chi connectivity index (χ0v) is 25.9. The predicted octanol–water partition coefficient (Wildman–Crippen LogP) is 3.92. The number of hydrogen-bond donors (Lipinski definition) is 4. The molecule has 5 rings (SSSR count). The number of carbonyl (C=O) groups is 3. The Kier molecular flexibility index (Phi) is 9.54. The normalized spacial score (nSPS) is 23.5. The van der Waals surface area contributed by atoms with Gasteiger partial charge in [-0.25, -0.2) is 4.98 Å². The zero-order chi connectivity index (χ0) is 30.7. The molecule has 1 aromatic heterocycles. The van der Waals surface area contributed by atoms with Crippen molar-refractivity contribution in [2.45, 2.75) is 109 Å². The number of likely N-dealkylation sites (tertiary alicyclic amines) is 1. The van der Waals surface area contributed by atoms with E-state index in [1.54, 1.807) is 24.4 Å². The molecule has 3 amide bonds. The van der Waals surface area contributed by atoms with E-state index < -0.39 is 5.91 Å². The SMILES string of the molecule is CCC(CC)Nc1cc(C(=O)N[C@H]2C[C@H]3CC[C@@H](C2)N3c2ccc(C(=O)N[C@H]3CCN(C(C)C)C3)cn2)ccc1C(N)=O. The molecule has 0 saturated carbocycles. The number of nitrogens with zero attached hydrogens (tertiary/aromatic N) is 3. The fraction of sp³-hybridized carbons (Fsp3) is 0.576. The van der Waals surface area contributed by atoms with Gasteiger partial charge in [0.25, 0.3) is 17.7 Å². The maximum absolute atomic E-state index is 13.3. The maximum Gasteiger partial charge on any atom is 0.253 e. The molecule has 0 radical (unpaired) electrons. The lowest BCUT2D eigenvalue weighted by atomic mass is 9.96. The van der Waals surface area contributed by atoms with Crippen molar-refractivity contribution in [3.8, 4) is 0 Å². The second-order valence-corrected chi connectivity index (χ2v) is 12.7. The predicted molar refractivity (Wildman–Crippen MR) is 170 cm³/mol. The van der Waals surface area contributed by atoms with Crippen molar-refractivity contribution < 1.29 is 14.4 Å². The highest BCUT2D eigenvalue weighted by Crippen LogP contribution is 2.38. The van der Waals surface area contributed by atoms with Crippen molar-refractivity contribution in [1.82, 2.24) is 20.5 Å². The van der Waals surface area contributed by atoms with E-state index in [0.717, 1.165) is 63.9 Å². The Morgan fingerprint density at radius 3 is 2.16 bits per heavy atom. The topological polar surface area (TPSA) is 133 Å². The Labute approximate surface area is 255 Å². The number of amides is 3. The fourth-order valence-electron chi connectivity index (χ4n) is 6.99. The number of piperidine rings is 1. The Hall–Kier alpha value is -3.66. The number of carbonyl (C=O) groups excluding carboxylic acids is 3. The van der Waals surface area contributed by atoms with Gasteiger partial charge in [0.2, 0.25) is 0 Å². The van der Waals surface area contributed by atoms with Crippen LogP contribution in [0.25, 0.3) is 0 Å². The summed E-state index contributed by atoms with van der Waals surface area (Å²) in [6.45, 7) is 10.4. The van der Waals surface area contributed by atoms with Gasteiger partial charge in [-0.2, -0.15) is 0 Å². The summed E-state index contributed by atoms with van der Waals surface area (Å²) in [5.74, 6) is 0.160.